The molecule has 0 unspecified atom stereocenters. The van der Waals surface area contributed by atoms with Gasteiger partial charge < -0.3 is 4.42 Å². The number of pyridine rings is 1. The molecule has 0 fully saturated rings. The molecule has 40 heavy (non-hydrogen) atoms. The first-order valence-electron chi connectivity index (χ1n) is 15.0. The number of furan rings is 1. The van der Waals surface area contributed by atoms with E-state index in [1.165, 1.54) is 5.56 Å². The number of hydrogen-bond donors (Lipinski definition) is 0. The van der Waals surface area contributed by atoms with Gasteiger partial charge in [0.1, 0.15) is 18.2 Å². The topological polar surface area (TPSA) is 17.0 Å². The predicted octanol–water partition coefficient (Wildman–Crippen LogP) is 9.70. The normalized spacial score (nSPS) is 12.8. The van der Waals surface area contributed by atoms with E-state index in [9.17, 15) is 0 Å². The lowest BCUT2D eigenvalue weighted by atomic mass is 9.94. The maximum atomic E-state index is 8.01. The second-order valence-corrected chi connectivity index (χ2v) is 10.4. The van der Waals surface area contributed by atoms with E-state index in [1.807, 2.05) is 36.9 Å². The van der Waals surface area contributed by atoms with Crippen LogP contribution in [-0.4, -0.2) is 0 Å². The van der Waals surface area contributed by atoms with E-state index < -0.39 is 6.85 Å². The third kappa shape index (κ3) is 4.10. The van der Waals surface area contributed by atoms with E-state index in [0.717, 1.165) is 66.6 Å². The Morgan fingerprint density at radius 3 is 1.95 bits per heavy atom. The molecule has 2 heterocycles. The van der Waals surface area contributed by atoms with E-state index in [4.69, 9.17) is 8.53 Å². The van der Waals surface area contributed by atoms with Crippen LogP contribution in [0.5, 0.6) is 0 Å². The molecule has 0 aliphatic heterocycles. The summed E-state index contributed by atoms with van der Waals surface area (Å²) in [5.41, 5.74) is 11.2. The van der Waals surface area contributed by atoms with Crippen LogP contribution in [0.3, 0.4) is 0 Å². The molecule has 2 heteroatoms. The Kier molecular flexibility index (Phi) is 5.06. The fourth-order valence-electron chi connectivity index (χ4n) is 5.66. The zero-order valence-electron chi connectivity index (χ0n) is 25.5. The number of rotatable bonds is 4. The van der Waals surface area contributed by atoms with Crippen LogP contribution in [0.25, 0.3) is 66.6 Å². The van der Waals surface area contributed by atoms with Gasteiger partial charge in [0.2, 0.25) is 5.69 Å². The van der Waals surface area contributed by atoms with Gasteiger partial charge in [-0.25, -0.2) is 4.57 Å². The lowest BCUT2D eigenvalue weighted by Crippen LogP contribution is -2.30. The minimum atomic E-state index is -2.21. The van der Waals surface area contributed by atoms with E-state index in [-0.39, 0.29) is 0 Å². The van der Waals surface area contributed by atoms with Crippen LogP contribution >= 0.6 is 0 Å². The van der Waals surface area contributed by atoms with E-state index in [2.05, 4.69) is 97.1 Å². The molecule has 0 amide bonds. The molecule has 0 N–H and O–H groups in total. The van der Waals surface area contributed by atoms with Gasteiger partial charge in [-0.3, -0.25) is 0 Å². The van der Waals surface area contributed by atoms with E-state index in [0.29, 0.717) is 5.56 Å². The van der Waals surface area contributed by atoms with Crippen molar-refractivity contribution in [3.63, 3.8) is 0 Å². The molecule has 7 rings (SSSR count). The smallest absolute Gasteiger partial charge is 0.216 e. The lowest BCUT2D eigenvalue weighted by molar-refractivity contribution is -0.660. The molecule has 0 aliphatic carbocycles. The quantitative estimate of drug-likeness (QED) is 0.212. The minimum absolute atomic E-state index is 0.304. The van der Waals surface area contributed by atoms with Gasteiger partial charge in [-0.1, -0.05) is 97.1 Å². The van der Waals surface area contributed by atoms with Gasteiger partial charge in [0.25, 0.3) is 0 Å². The van der Waals surface area contributed by atoms with Crippen molar-refractivity contribution in [1.29, 1.82) is 0 Å². The van der Waals surface area contributed by atoms with E-state index in [1.54, 1.807) is 12.1 Å². The van der Waals surface area contributed by atoms with Crippen LogP contribution in [0.15, 0.2) is 132 Å². The van der Waals surface area contributed by atoms with Gasteiger partial charge in [-0.2, -0.15) is 0 Å². The summed E-state index contributed by atoms with van der Waals surface area (Å²) in [5, 5.41) is 2.02. The summed E-state index contributed by atoms with van der Waals surface area (Å²) in [6, 6.07) is 41.4. The molecule has 192 valence electrons. The average Bonchev–Trinajstić information content (AvgIpc) is 3.40. The largest absolute Gasteiger partial charge is 0.454 e. The molecule has 7 aromatic rings. The minimum Gasteiger partial charge on any atom is -0.454 e. The highest BCUT2D eigenvalue weighted by molar-refractivity contribution is 6.14. The van der Waals surface area contributed by atoms with Crippen LogP contribution in [0.2, 0.25) is 0 Å². The molecule has 5 aromatic carbocycles. The summed E-state index contributed by atoms with van der Waals surface area (Å²) >= 11 is 0. The maximum absolute atomic E-state index is 8.01. The predicted molar refractivity (Wildman–Crippen MR) is 166 cm³/mol. The molecule has 0 aliphatic rings. The average molecular weight is 520 g/mol. The van der Waals surface area contributed by atoms with Crippen LogP contribution in [0.4, 0.5) is 0 Å². The van der Waals surface area contributed by atoms with Gasteiger partial charge in [0, 0.05) is 32.6 Å². The highest BCUT2D eigenvalue weighted by Crippen LogP contribution is 2.43. The van der Waals surface area contributed by atoms with Crippen molar-refractivity contribution in [3.05, 3.63) is 139 Å². The summed E-state index contributed by atoms with van der Waals surface area (Å²) in [7, 11) is 1.94. The number of fused-ring (bicyclic) bond motifs is 3. The first-order valence-corrected chi connectivity index (χ1v) is 13.5. The van der Waals surface area contributed by atoms with Crippen molar-refractivity contribution in [3.8, 4) is 44.6 Å². The molecule has 2 nitrogen and oxygen atoms in total. The van der Waals surface area contributed by atoms with E-state index >= 15 is 0 Å². The summed E-state index contributed by atoms with van der Waals surface area (Å²) < 4.78 is 32.8. The zero-order chi connectivity index (χ0) is 29.7. The van der Waals surface area contributed by atoms with Crippen molar-refractivity contribution in [1.82, 2.24) is 0 Å². The third-order valence-corrected chi connectivity index (χ3v) is 7.77. The van der Waals surface area contributed by atoms with Gasteiger partial charge >= 0.3 is 0 Å². The number of hydrogen-bond acceptors (Lipinski definition) is 1. The summed E-state index contributed by atoms with van der Waals surface area (Å²) in [6.07, 6.45) is 1.81. The van der Waals surface area contributed by atoms with Gasteiger partial charge in [0.05, 0.1) is 5.56 Å². The molecule has 0 atom stereocenters. The Labute approximate surface area is 239 Å². The molecule has 0 spiro atoms. The highest BCUT2D eigenvalue weighted by atomic mass is 16.3. The number of aromatic nitrogens is 1. The highest BCUT2D eigenvalue weighted by Gasteiger charge is 2.23. The second-order valence-electron chi connectivity index (χ2n) is 10.4. The Morgan fingerprint density at radius 1 is 0.600 bits per heavy atom. The summed E-state index contributed by atoms with van der Waals surface area (Å²) in [4.78, 5) is 0. The van der Waals surface area contributed by atoms with Gasteiger partial charge in [-0.05, 0) is 64.9 Å². The Morgan fingerprint density at radius 2 is 1.25 bits per heavy atom. The Balaban J connectivity index is 1.50. The third-order valence-electron chi connectivity index (χ3n) is 7.77. The molecule has 2 aromatic heterocycles. The first kappa shape index (κ1) is 20.9. The van der Waals surface area contributed by atoms with Crippen molar-refractivity contribution in [2.75, 3.05) is 0 Å². The standard InChI is InChI=1S/C38H30NO/c1-25-20-21-39(3)35(22-25)36-26(2)14-19-32-34-24-31(28-12-8-5-9-13-28)23-33(37(34)40-38(32)36)30-17-15-29(16-18-30)27-10-6-4-7-11-27/h4-24H,1-3H3/q+1/i1D3. The molecular formula is C38H30NO+. The van der Waals surface area contributed by atoms with Crippen LogP contribution in [0.1, 0.15) is 15.2 Å². The number of benzene rings is 5. The fourth-order valence-corrected chi connectivity index (χ4v) is 5.66. The van der Waals surface area contributed by atoms with Crippen LogP contribution in [-0.2, 0) is 7.05 Å². The van der Waals surface area contributed by atoms with Crippen LogP contribution < -0.4 is 4.57 Å². The van der Waals surface area contributed by atoms with Crippen molar-refractivity contribution in [2.24, 2.45) is 7.05 Å². The second kappa shape index (κ2) is 9.66. The monoisotopic (exact) mass is 519 g/mol. The van der Waals surface area contributed by atoms with Crippen molar-refractivity contribution >= 4 is 21.9 Å². The zero-order valence-corrected chi connectivity index (χ0v) is 22.5. The van der Waals surface area contributed by atoms with Gasteiger partial charge in [0.15, 0.2) is 6.20 Å². The lowest BCUT2D eigenvalue weighted by Gasteiger charge is -2.09. The Hall–Kier alpha value is -4.95. The maximum Gasteiger partial charge on any atom is 0.216 e. The van der Waals surface area contributed by atoms with Gasteiger partial charge in [-0.15, -0.1) is 0 Å². The van der Waals surface area contributed by atoms with Crippen molar-refractivity contribution in [2.45, 2.75) is 13.8 Å². The van der Waals surface area contributed by atoms with Crippen LogP contribution in [0, 0.1) is 13.8 Å². The SMILES string of the molecule is [2H]C([2H])([2H])c1cc[n+](C)c(-c2c(C)ccc3c2oc2c(-c4ccc(-c5ccccc5)cc4)cc(-c4ccccc4)cc23)c1. The molecule has 0 bridgehead atoms. The number of aryl methyl sites for hydroxylation is 3. The van der Waals surface area contributed by atoms with Crippen molar-refractivity contribution < 1.29 is 13.1 Å². The fraction of sp³-hybridized carbons (Fsp3) is 0.0789. The first-order chi connectivity index (χ1) is 20.8. The molecule has 0 saturated carbocycles. The molecule has 0 radical (unpaired) electrons. The summed E-state index contributed by atoms with van der Waals surface area (Å²) in [6.45, 7) is -0.162. The summed E-state index contributed by atoms with van der Waals surface area (Å²) in [5.74, 6) is 0. The molecular weight excluding hydrogens is 486 g/mol. The Bertz CT molecular complexity index is 2110. The molecule has 0 saturated heterocycles. The number of nitrogens with zero attached hydrogens (tertiary/aromatic N) is 1.